The molecule has 0 aromatic carbocycles. The molecule has 14 heavy (non-hydrogen) atoms. The van der Waals surface area contributed by atoms with Crippen molar-refractivity contribution in [1.82, 2.24) is 4.98 Å². The van der Waals surface area contributed by atoms with Gasteiger partial charge in [-0.3, -0.25) is 4.98 Å². The van der Waals surface area contributed by atoms with Gasteiger partial charge < -0.3 is 4.90 Å². The molecule has 4 heteroatoms. The zero-order valence-corrected chi connectivity index (χ0v) is 9.90. The highest BCUT2D eigenvalue weighted by atomic mass is 32.8. The van der Waals surface area contributed by atoms with Gasteiger partial charge in [0, 0.05) is 24.2 Å². The van der Waals surface area contributed by atoms with E-state index in [1.54, 1.807) is 0 Å². The molecule has 0 N–H and O–H groups in total. The van der Waals surface area contributed by atoms with E-state index in [0.717, 1.165) is 0 Å². The molecule has 0 spiro atoms. The Kier molecular flexibility index (Phi) is 3.13. The summed E-state index contributed by atoms with van der Waals surface area (Å²) in [6, 6.07) is 2.19. The van der Waals surface area contributed by atoms with Gasteiger partial charge in [0.2, 0.25) is 0 Å². The SMILES string of the molecule is CS(=S)c1cncc(N2CCCC2)c1. The summed E-state index contributed by atoms with van der Waals surface area (Å²) in [7, 11) is -0.0952. The first-order valence-corrected chi connectivity index (χ1v) is 7.36. The summed E-state index contributed by atoms with van der Waals surface area (Å²) >= 11 is 5.25. The highest BCUT2D eigenvalue weighted by Gasteiger charge is 2.12. The molecule has 1 atom stereocenters. The van der Waals surface area contributed by atoms with Gasteiger partial charge in [-0.05, 0) is 36.4 Å². The summed E-state index contributed by atoms with van der Waals surface area (Å²) in [4.78, 5) is 7.82. The minimum atomic E-state index is -0.0952. The quantitative estimate of drug-likeness (QED) is 0.764. The van der Waals surface area contributed by atoms with Crippen LogP contribution in [0.3, 0.4) is 0 Å². The number of pyridine rings is 1. The fraction of sp³-hybridized carbons (Fsp3) is 0.500. The van der Waals surface area contributed by atoms with Gasteiger partial charge in [-0.25, -0.2) is 0 Å². The molecule has 2 heterocycles. The van der Waals surface area contributed by atoms with Crippen LogP contribution in [-0.2, 0) is 20.6 Å². The molecule has 76 valence electrons. The smallest absolute Gasteiger partial charge is 0.0564 e. The first-order chi connectivity index (χ1) is 6.77. The Hall–Kier alpha value is -0.480. The molecule has 1 aromatic rings. The highest BCUT2D eigenvalue weighted by Crippen LogP contribution is 2.20. The molecule has 0 aliphatic carbocycles. The molecule has 1 aliphatic heterocycles. The molecular weight excluding hydrogens is 212 g/mol. The van der Waals surface area contributed by atoms with E-state index in [-0.39, 0.29) is 9.45 Å². The van der Waals surface area contributed by atoms with Crippen molar-refractivity contribution < 1.29 is 0 Å². The van der Waals surface area contributed by atoms with Gasteiger partial charge >= 0.3 is 0 Å². The molecule has 1 saturated heterocycles. The Labute approximate surface area is 91.9 Å². The number of hydrogen-bond donors (Lipinski definition) is 0. The third-order valence-corrected chi connectivity index (χ3v) is 3.97. The Morgan fingerprint density at radius 3 is 2.71 bits per heavy atom. The molecule has 0 radical (unpaired) electrons. The van der Waals surface area contributed by atoms with Crippen LogP contribution in [0.25, 0.3) is 0 Å². The van der Waals surface area contributed by atoms with Crippen LogP contribution in [0, 0.1) is 0 Å². The standard InChI is InChI=1S/C10H14N2S2/c1-14(13)10-6-9(7-11-8-10)12-4-2-3-5-12/h6-8H,2-5H2,1H3. The van der Waals surface area contributed by atoms with Crippen molar-refractivity contribution in [3.05, 3.63) is 18.5 Å². The minimum absolute atomic E-state index is 0.0952. The molecule has 0 amide bonds. The third-order valence-electron chi connectivity index (χ3n) is 2.50. The monoisotopic (exact) mass is 226 g/mol. The number of aromatic nitrogens is 1. The lowest BCUT2D eigenvalue weighted by molar-refractivity contribution is 0.949. The molecule has 0 bridgehead atoms. The normalized spacial score (nSPS) is 18.5. The summed E-state index contributed by atoms with van der Waals surface area (Å²) in [5.41, 5.74) is 1.24. The van der Waals surface area contributed by atoms with Crippen LogP contribution in [0.4, 0.5) is 5.69 Å². The van der Waals surface area contributed by atoms with Crippen LogP contribution >= 0.6 is 0 Å². The lowest BCUT2D eigenvalue weighted by Gasteiger charge is -2.17. The van der Waals surface area contributed by atoms with E-state index >= 15 is 0 Å². The Balaban J connectivity index is 2.25. The van der Waals surface area contributed by atoms with Crippen LogP contribution in [0.5, 0.6) is 0 Å². The highest BCUT2D eigenvalue weighted by molar-refractivity contribution is 8.28. The van der Waals surface area contributed by atoms with Gasteiger partial charge in [0.25, 0.3) is 0 Å². The van der Waals surface area contributed by atoms with Crippen molar-refractivity contribution in [1.29, 1.82) is 0 Å². The summed E-state index contributed by atoms with van der Waals surface area (Å²) in [5.74, 6) is 0. The van der Waals surface area contributed by atoms with Gasteiger partial charge in [0.15, 0.2) is 0 Å². The van der Waals surface area contributed by atoms with Gasteiger partial charge in [-0.1, -0.05) is 9.45 Å². The van der Waals surface area contributed by atoms with E-state index in [9.17, 15) is 0 Å². The summed E-state index contributed by atoms with van der Waals surface area (Å²) in [6.07, 6.45) is 8.48. The van der Waals surface area contributed by atoms with Crippen molar-refractivity contribution in [3.63, 3.8) is 0 Å². The maximum atomic E-state index is 5.25. The second kappa shape index (κ2) is 4.36. The van der Waals surface area contributed by atoms with Crippen molar-refractivity contribution in [3.8, 4) is 0 Å². The second-order valence-electron chi connectivity index (χ2n) is 3.53. The van der Waals surface area contributed by atoms with Gasteiger partial charge in [0.1, 0.15) is 0 Å². The Bertz CT molecular complexity index is 346. The lowest BCUT2D eigenvalue weighted by atomic mass is 10.4. The maximum Gasteiger partial charge on any atom is 0.0564 e. The molecule has 1 unspecified atom stereocenters. The fourth-order valence-electron chi connectivity index (χ4n) is 1.71. The van der Waals surface area contributed by atoms with Crippen LogP contribution in [0.2, 0.25) is 0 Å². The number of anilines is 1. The van der Waals surface area contributed by atoms with Crippen LogP contribution in [0.15, 0.2) is 23.4 Å². The van der Waals surface area contributed by atoms with Crippen LogP contribution in [0.1, 0.15) is 12.8 Å². The van der Waals surface area contributed by atoms with E-state index in [2.05, 4.69) is 22.2 Å². The van der Waals surface area contributed by atoms with Crippen LogP contribution < -0.4 is 4.90 Å². The number of rotatable bonds is 2. The van der Waals surface area contributed by atoms with Crippen molar-refractivity contribution in [2.45, 2.75) is 17.7 Å². The maximum absolute atomic E-state index is 5.25. The molecular formula is C10H14N2S2. The van der Waals surface area contributed by atoms with E-state index < -0.39 is 0 Å². The third kappa shape index (κ3) is 2.12. The van der Waals surface area contributed by atoms with Crippen molar-refractivity contribution >= 4 is 26.3 Å². The van der Waals surface area contributed by atoms with E-state index in [1.165, 1.54) is 36.5 Å². The van der Waals surface area contributed by atoms with Gasteiger partial charge in [-0.2, -0.15) is 0 Å². The molecule has 2 nitrogen and oxygen atoms in total. The number of hydrogen-bond acceptors (Lipinski definition) is 3. The zero-order chi connectivity index (χ0) is 9.97. The number of nitrogens with zero attached hydrogens (tertiary/aromatic N) is 2. The van der Waals surface area contributed by atoms with E-state index in [0.29, 0.717) is 0 Å². The summed E-state index contributed by atoms with van der Waals surface area (Å²) in [6.45, 7) is 2.33. The topological polar surface area (TPSA) is 16.1 Å². The zero-order valence-electron chi connectivity index (χ0n) is 8.27. The first kappa shape index (κ1) is 10.1. The predicted octanol–water partition coefficient (Wildman–Crippen LogP) is 1.75. The molecule has 1 aliphatic rings. The van der Waals surface area contributed by atoms with E-state index in [1.807, 2.05) is 12.4 Å². The Morgan fingerprint density at radius 1 is 1.36 bits per heavy atom. The predicted molar refractivity (Wildman–Crippen MR) is 64.6 cm³/mol. The molecule has 1 fully saturated rings. The first-order valence-electron chi connectivity index (χ1n) is 4.81. The molecule has 2 rings (SSSR count). The van der Waals surface area contributed by atoms with E-state index in [4.69, 9.17) is 11.2 Å². The average Bonchev–Trinajstić information content (AvgIpc) is 2.71. The second-order valence-corrected chi connectivity index (χ2v) is 6.41. The summed E-state index contributed by atoms with van der Waals surface area (Å²) < 4.78 is 0. The lowest BCUT2D eigenvalue weighted by Crippen LogP contribution is -2.17. The average molecular weight is 226 g/mol. The molecule has 0 saturated carbocycles. The van der Waals surface area contributed by atoms with Gasteiger partial charge in [-0.15, -0.1) is 0 Å². The fourth-order valence-corrected chi connectivity index (χ4v) is 2.48. The van der Waals surface area contributed by atoms with Crippen molar-refractivity contribution in [2.75, 3.05) is 24.2 Å². The molecule has 1 aromatic heterocycles. The van der Waals surface area contributed by atoms with Crippen LogP contribution in [-0.4, -0.2) is 24.3 Å². The largest absolute Gasteiger partial charge is 0.370 e. The Morgan fingerprint density at radius 2 is 2.07 bits per heavy atom. The van der Waals surface area contributed by atoms with Gasteiger partial charge in [0.05, 0.1) is 11.9 Å². The van der Waals surface area contributed by atoms with Crippen molar-refractivity contribution in [2.24, 2.45) is 0 Å². The summed E-state index contributed by atoms with van der Waals surface area (Å²) in [5, 5.41) is 0. The minimum Gasteiger partial charge on any atom is -0.370 e.